The van der Waals surface area contributed by atoms with E-state index < -0.39 is 0 Å². The number of hydrogen-bond donors (Lipinski definition) is 1. The summed E-state index contributed by atoms with van der Waals surface area (Å²) in [6, 6.07) is 0. The van der Waals surface area contributed by atoms with Crippen molar-refractivity contribution < 1.29 is 9.47 Å². The smallest absolute Gasteiger partial charge is 0.159 e. The minimum atomic E-state index is -0.0611. The highest BCUT2D eigenvalue weighted by molar-refractivity contribution is 7.80. The molecule has 0 radical (unpaired) electrons. The molecule has 0 aliphatic carbocycles. The Bertz CT molecular complexity index is 120. The van der Waals surface area contributed by atoms with Crippen LogP contribution in [0.5, 0.6) is 0 Å². The third-order valence-electron chi connectivity index (χ3n) is 1.98. The van der Waals surface area contributed by atoms with E-state index in [1.165, 1.54) is 0 Å². The molecule has 14 heavy (non-hydrogen) atoms. The number of ether oxygens (including phenoxy) is 2. The van der Waals surface area contributed by atoms with Crippen molar-refractivity contribution >= 4 is 12.6 Å². The molecule has 0 aliphatic heterocycles. The summed E-state index contributed by atoms with van der Waals surface area (Å²) < 4.78 is 11.3. The van der Waals surface area contributed by atoms with Gasteiger partial charge in [0.25, 0.3) is 0 Å². The zero-order valence-electron chi connectivity index (χ0n) is 9.66. The number of unbranched alkanes of at least 4 members (excludes halogenated alkanes) is 1. The van der Waals surface area contributed by atoms with Gasteiger partial charge < -0.3 is 9.47 Å². The first-order chi connectivity index (χ1) is 6.74. The molecular formula is C11H24O2S. The van der Waals surface area contributed by atoms with Gasteiger partial charge in [-0.1, -0.05) is 33.6 Å². The fourth-order valence-electron chi connectivity index (χ4n) is 1.06. The average molecular weight is 220 g/mol. The molecule has 0 heterocycles. The minimum Gasteiger partial charge on any atom is -0.353 e. The second kappa shape index (κ2) is 9.81. The van der Waals surface area contributed by atoms with Crippen molar-refractivity contribution in [3.05, 3.63) is 0 Å². The molecule has 86 valence electrons. The lowest BCUT2D eigenvalue weighted by Gasteiger charge is -2.21. The molecular weight excluding hydrogens is 196 g/mol. The molecule has 0 fully saturated rings. The van der Waals surface area contributed by atoms with Crippen LogP contribution in [0.25, 0.3) is 0 Å². The predicted molar refractivity (Wildman–Crippen MR) is 63.7 cm³/mol. The third kappa shape index (κ3) is 7.65. The summed E-state index contributed by atoms with van der Waals surface area (Å²) >= 11 is 4.30. The standard InChI is InChI=1S/C11H24O2S/c1-4-7-9-12-10(8-5-2)13-11(14)6-3/h10-11,14H,4-9H2,1-3H3. The Morgan fingerprint density at radius 1 is 1.14 bits per heavy atom. The Balaban J connectivity index is 3.65. The van der Waals surface area contributed by atoms with Crippen LogP contribution in [-0.2, 0) is 9.47 Å². The van der Waals surface area contributed by atoms with Crippen LogP contribution in [0.4, 0.5) is 0 Å². The summed E-state index contributed by atoms with van der Waals surface area (Å²) in [5, 5.41) is 0. The van der Waals surface area contributed by atoms with Gasteiger partial charge in [-0.3, -0.25) is 0 Å². The molecule has 0 bridgehead atoms. The summed E-state index contributed by atoms with van der Waals surface area (Å²) in [6.07, 6.45) is 5.17. The molecule has 0 amide bonds. The van der Waals surface area contributed by atoms with Gasteiger partial charge in [0.15, 0.2) is 6.29 Å². The first-order valence-corrected chi connectivity index (χ1v) is 6.21. The summed E-state index contributed by atoms with van der Waals surface area (Å²) in [5.74, 6) is 0. The molecule has 0 rings (SSSR count). The van der Waals surface area contributed by atoms with E-state index in [2.05, 4.69) is 33.4 Å². The van der Waals surface area contributed by atoms with Crippen LogP contribution >= 0.6 is 12.6 Å². The van der Waals surface area contributed by atoms with Crippen molar-refractivity contribution in [3.63, 3.8) is 0 Å². The fourth-order valence-corrected chi connectivity index (χ4v) is 1.19. The number of hydrogen-bond acceptors (Lipinski definition) is 3. The van der Waals surface area contributed by atoms with Gasteiger partial charge in [0.1, 0.15) is 5.44 Å². The molecule has 0 saturated carbocycles. The average Bonchev–Trinajstić information content (AvgIpc) is 2.18. The molecule has 0 aromatic heterocycles. The Kier molecular flexibility index (Phi) is 10.0. The van der Waals surface area contributed by atoms with Gasteiger partial charge in [0, 0.05) is 6.61 Å². The summed E-state index contributed by atoms with van der Waals surface area (Å²) in [4.78, 5) is 0. The lowest BCUT2D eigenvalue weighted by molar-refractivity contribution is -0.154. The Labute approximate surface area is 93.8 Å². The van der Waals surface area contributed by atoms with Gasteiger partial charge >= 0.3 is 0 Å². The summed E-state index contributed by atoms with van der Waals surface area (Å²) in [5.41, 5.74) is 0.00757. The first-order valence-electron chi connectivity index (χ1n) is 5.69. The zero-order chi connectivity index (χ0) is 10.8. The van der Waals surface area contributed by atoms with E-state index in [1.807, 2.05) is 0 Å². The third-order valence-corrected chi connectivity index (χ3v) is 2.47. The normalized spacial score (nSPS) is 15.4. The van der Waals surface area contributed by atoms with E-state index in [9.17, 15) is 0 Å². The van der Waals surface area contributed by atoms with Gasteiger partial charge in [-0.25, -0.2) is 0 Å². The molecule has 0 N–H and O–H groups in total. The lowest BCUT2D eigenvalue weighted by Crippen LogP contribution is -2.21. The quantitative estimate of drug-likeness (QED) is 0.363. The summed E-state index contributed by atoms with van der Waals surface area (Å²) in [6.45, 7) is 7.16. The van der Waals surface area contributed by atoms with E-state index in [0.29, 0.717) is 0 Å². The minimum absolute atomic E-state index is 0.00757. The number of rotatable bonds is 9. The van der Waals surface area contributed by atoms with Crippen LogP contribution in [0.15, 0.2) is 0 Å². The molecule has 0 aliphatic rings. The largest absolute Gasteiger partial charge is 0.353 e. The van der Waals surface area contributed by atoms with E-state index in [0.717, 1.165) is 38.7 Å². The Morgan fingerprint density at radius 3 is 2.36 bits per heavy atom. The Hall–Kier alpha value is 0.270. The van der Waals surface area contributed by atoms with Crippen molar-refractivity contribution in [3.8, 4) is 0 Å². The van der Waals surface area contributed by atoms with E-state index in [-0.39, 0.29) is 11.7 Å². The fraction of sp³-hybridized carbons (Fsp3) is 1.00. The van der Waals surface area contributed by atoms with Gasteiger partial charge in [0.2, 0.25) is 0 Å². The van der Waals surface area contributed by atoms with Crippen LogP contribution in [0.1, 0.15) is 52.9 Å². The van der Waals surface area contributed by atoms with Gasteiger partial charge in [0.05, 0.1) is 0 Å². The molecule has 3 heteroatoms. The Morgan fingerprint density at radius 2 is 1.86 bits per heavy atom. The highest BCUT2D eigenvalue weighted by Crippen LogP contribution is 2.12. The van der Waals surface area contributed by atoms with Crippen LogP contribution in [0.3, 0.4) is 0 Å². The van der Waals surface area contributed by atoms with Crippen molar-refractivity contribution in [1.82, 2.24) is 0 Å². The van der Waals surface area contributed by atoms with Crippen molar-refractivity contribution in [2.24, 2.45) is 0 Å². The van der Waals surface area contributed by atoms with Crippen LogP contribution in [0, 0.1) is 0 Å². The highest BCUT2D eigenvalue weighted by atomic mass is 32.1. The predicted octanol–water partition coefficient (Wildman–Crippen LogP) is 3.61. The van der Waals surface area contributed by atoms with Gasteiger partial charge in [-0.2, -0.15) is 0 Å². The van der Waals surface area contributed by atoms with Crippen LogP contribution in [0.2, 0.25) is 0 Å². The number of thiol groups is 1. The molecule has 2 nitrogen and oxygen atoms in total. The van der Waals surface area contributed by atoms with Crippen LogP contribution < -0.4 is 0 Å². The maximum Gasteiger partial charge on any atom is 0.159 e. The van der Waals surface area contributed by atoms with E-state index >= 15 is 0 Å². The van der Waals surface area contributed by atoms with Gasteiger partial charge in [-0.15, -0.1) is 12.6 Å². The lowest BCUT2D eigenvalue weighted by atomic mass is 10.3. The summed E-state index contributed by atoms with van der Waals surface area (Å²) in [7, 11) is 0. The SMILES string of the molecule is CCCCOC(CCC)OC(S)CC. The van der Waals surface area contributed by atoms with Crippen LogP contribution in [-0.4, -0.2) is 18.3 Å². The van der Waals surface area contributed by atoms with Gasteiger partial charge in [-0.05, 0) is 19.3 Å². The molecule has 2 unspecified atom stereocenters. The maximum atomic E-state index is 5.63. The molecule has 0 saturated heterocycles. The molecule has 2 atom stereocenters. The molecule has 0 aromatic rings. The second-order valence-electron chi connectivity index (χ2n) is 3.44. The highest BCUT2D eigenvalue weighted by Gasteiger charge is 2.11. The molecule has 0 aromatic carbocycles. The topological polar surface area (TPSA) is 18.5 Å². The van der Waals surface area contributed by atoms with E-state index in [1.54, 1.807) is 0 Å². The molecule has 0 spiro atoms. The maximum absolute atomic E-state index is 5.63. The van der Waals surface area contributed by atoms with E-state index in [4.69, 9.17) is 9.47 Å². The van der Waals surface area contributed by atoms with Crippen molar-refractivity contribution in [1.29, 1.82) is 0 Å². The zero-order valence-corrected chi connectivity index (χ0v) is 10.6. The first kappa shape index (κ1) is 14.3. The second-order valence-corrected chi connectivity index (χ2v) is 4.02. The monoisotopic (exact) mass is 220 g/mol. The van der Waals surface area contributed by atoms with Crippen molar-refractivity contribution in [2.75, 3.05) is 6.61 Å². The van der Waals surface area contributed by atoms with Crippen molar-refractivity contribution in [2.45, 2.75) is 64.6 Å².